The molecular formula is C23H19BrClN3O5. The third-order valence-corrected chi connectivity index (χ3v) is 5.28. The van der Waals surface area contributed by atoms with Gasteiger partial charge in [-0.15, -0.1) is 0 Å². The van der Waals surface area contributed by atoms with Gasteiger partial charge >= 0.3 is 0 Å². The van der Waals surface area contributed by atoms with Crippen LogP contribution in [-0.4, -0.2) is 23.7 Å². The fourth-order valence-corrected chi connectivity index (χ4v) is 3.60. The van der Waals surface area contributed by atoms with E-state index in [0.717, 1.165) is 5.56 Å². The van der Waals surface area contributed by atoms with E-state index in [-0.39, 0.29) is 12.3 Å². The molecule has 3 rings (SSSR count). The molecule has 0 aliphatic heterocycles. The Morgan fingerprint density at radius 2 is 1.91 bits per heavy atom. The van der Waals surface area contributed by atoms with Crippen molar-refractivity contribution in [2.75, 3.05) is 6.61 Å². The Morgan fingerprint density at radius 1 is 1.18 bits per heavy atom. The van der Waals surface area contributed by atoms with E-state index >= 15 is 0 Å². The van der Waals surface area contributed by atoms with E-state index in [1.165, 1.54) is 18.3 Å². The van der Waals surface area contributed by atoms with Crippen LogP contribution in [0.2, 0.25) is 5.02 Å². The average molecular weight is 533 g/mol. The maximum atomic E-state index is 12.2. The molecule has 8 nitrogen and oxygen atoms in total. The first-order valence-electron chi connectivity index (χ1n) is 9.79. The van der Waals surface area contributed by atoms with E-state index in [4.69, 9.17) is 21.1 Å². The van der Waals surface area contributed by atoms with Crippen LogP contribution in [0.3, 0.4) is 0 Å². The van der Waals surface area contributed by atoms with Crippen LogP contribution in [0.15, 0.2) is 70.2 Å². The number of amides is 1. The van der Waals surface area contributed by atoms with Crippen molar-refractivity contribution in [1.82, 2.24) is 5.43 Å². The molecule has 0 aliphatic rings. The Labute approximate surface area is 203 Å². The molecule has 0 aromatic heterocycles. The van der Waals surface area contributed by atoms with E-state index in [0.29, 0.717) is 38.7 Å². The minimum Gasteiger partial charge on any atom is -0.490 e. The van der Waals surface area contributed by atoms with Crippen LogP contribution in [0.4, 0.5) is 5.69 Å². The number of halogens is 2. The van der Waals surface area contributed by atoms with Gasteiger partial charge in [0.25, 0.3) is 11.6 Å². The number of benzene rings is 3. The van der Waals surface area contributed by atoms with Gasteiger partial charge in [-0.1, -0.05) is 23.7 Å². The molecule has 0 bridgehead atoms. The van der Waals surface area contributed by atoms with Gasteiger partial charge in [0, 0.05) is 12.1 Å². The summed E-state index contributed by atoms with van der Waals surface area (Å²) in [6.45, 7) is 2.45. The predicted molar refractivity (Wildman–Crippen MR) is 129 cm³/mol. The largest absolute Gasteiger partial charge is 0.490 e. The van der Waals surface area contributed by atoms with Crippen molar-refractivity contribution in [2.24, 2.45) is 5.10 Å². The van der Waals surface area contributed by atoms with Crippen molar-refractivity contribution >= 4 is 45.3 Å². The van der Waals surface area contributed by atoms with E-state index in [9.17, 15) is 14.9 Å². The summed E-state index contributed by atoms with van der Waals surface area (Å²) < 4.78 is 12.2. The summed E-state index contributed by atoms with van der Waals surface area (Å²) >= 11 is 9.50. The molecule has 33 heavy (non-hydrogen) atoms. The number of hydrogen-bond donors (Lipinski definition) is 1. The predicted octanol–water partition coefficient (Wildman–Crippen LogP) is 5.75. The number of nitro benzene ring substituents is 1. The topological polar surface area (TPSA) is 103 Å². The molecule has 3 aromatic carbocycles. The first-order valence-corrected chi connectivity index (χ1v) is 11.0. The van der Waals surface area contributed by atoms with Crippen LogP contribution in [-0.2, 0) is 6.61 Å². The lowest BCUT2D eigenvalue weighted by Gasteiger charge is -2.14. The summed E-state index contributed by atoms with van der Waals surface area (Å²) in [6, 6.07) is 16.3. The van der Waals surface area contributed by atoms with Crippen molar-refractivity contribution in [1.29, 1.82) is 0 Å². The average Bonchev–Trinajstić information content (AvgIpc) is 2.79. The molecule has 1 amide bonds. The smallest absolute Gasteiger partial charge is 0.272 e. The Bertz CT molecular complexity index is 1190. The highest BCUT2D eigenvalue weighted by Crippen LogP contribution is 2.37. The van der Waals surface area contributed by atoms with Crippen molar-refractivity contribution in [2.45, 2.75) is 13.5 Å². The zero-order chi connectivity index (χ0) is 23.8. The molecule has 0 radical (unpaired) electrons. The van der Waals surface area contributed by atoms with Crippen LogP contribution in [0.1, 0.15) is 28.4 Å². The molecule has 0 unspecified atom stereocenters. The van der Waals surface area contributed by atoms with Crippen LogP contribution >= 0.6 is 27.5 Å². The lowest BCUT2D eigenvalue weighted by atomic mass is 10.2. The molecule has 0 fully saturated rings. The normalized spacial score (nSPS) is 10.8. The molecule has 3 aromatic rings. The first kappa shape index (κ1) is 24.2. The van der Waals surface area contributed by atoms with E-state index in [1.54, 1.807) is 48.5 Å². The number of non-ortho nitro benzene ring substituents is 1. The van der Waals surface area contributed by atoms with Gasteiger partial charge in [-0.05, 0) is 70.4 Å². The maximum Gasteiger partial charge on any atom is 0.272 e. The van der Waals surface area contributed by atoms with Crippen molar-refractivity contribution in [3.63, 3.8) is 0 Å². The number of carbonyl (C=O) groups excluding carboxylic acids is 1. The Hall–Kier alpha value is -3.43. The Kier molecular flexibility index (Phi) is 8.39. The third-order valence-electron chi connectivity index (χ3n) is 4.36. The molecule has 0 heterocycles. The quantitative estimate of drug-likeness (QED) is 0.215. The summed E-state index contributed by atoms with van der Waals surface area (Å²) in [6.07, 6.45) is 1.47. The van der Waals surface area contributed by atoms with Crippen molar-refractivity contribution < 1.29 is 19.2 Å². The molecule has 0 saturated carbocycles. The SMILES string of the molecule is CCOc1cc(/C=N\NC(=O)c2ccccc2Cl)cc(Br)c1OCc1ccc([N+](=O)[O-])cc1. The highest BCUT2D eigenvalue weighted by atomic mass is 79.9. The lowest BCUT2D eigenvalue weighted by molar-refractivity contribution is -0.384. The number of hydrazone groups is 1. The van der Waals surface area contributed by atoms with Crippen molar-refractivity contribution in [3.05, 3.63) is 97.0 Å². The number of ether oxygens (including phenoxy) is 2. The lowest BCUT2D eigenvalue weighted by Crippen LogP contribution is -2.17. The number of carbonyl (C=O) groups is 1. The van der Waals surface area contributed by atoms with E-state index in [2.05, 4.69) is 26.5 Å². The Morgan fingerprint density at radius 3 is 2.58 bits per heavy atom. The molecule has 0 saturated heterocycles. The monoisotopic (exact) mass is 531 g/mol. The van der Waals surface area contributed by atoms with Gasteiger partial charge in [0.05, 0.1) is 32.8 Å². The fourth-order valence-electron chi connectivity index (χ4n) is 2.81. The number of rotatable bonds is 9. The van der Waals surface area contributed by atoms with Crippen LogP contribution in [0, 0.1) is 10.1 Å². The number of hydrogen-bond acceptors (Lipinski definition) is 6. The zero-order valence-electron chi connectivity index (χ0n) is 17.5. The van der Waals surface area contributed by atoms with Gasteiger partial charge < -0.3 is 9.47 Å². The highest BCUT2D eigenvalue weighted by Gasteiger charge is 2.13. The number of nitrogens with one attached hydrogen (secondary N) is 1. The third kappa shape index (κ3) is 6.53. The molecule has 170 valence electrons. The first-order chi connectivity index (χ1) is 15.9. The maximum absolute atomic E-state index is 12.2. The molecular weight excluding hydrogens is 514 g/mol. The summed E-state index contributed by atoms with van der Waals surface area (Å²) in [7, 11) is 0. The van der Waals surface area contributed by atoms with Crippen LogP contribution in [0.25, 0.3) is 0 Å². The molecule has 10 heteroatoms. The van der Waals surface area contributed by atoms with Gasteiger partial charge in [0.2, 0.25) is 0 Å². The summed E-state index contributed by atoms with van der Waals surface area (Å²) in [5.74, 6) is 0.532. The second-order valence-electron chi connectivity index (χ2n) is 6.65. The molecule has 0 aliphatic carbocycles. The van der Waals surface area contributed by atoms with Gasteiger partial charge in [-0.3, -0.25) is 14.9 Å². The highest BCUT2D eigenvalue weighted by molar-refractivity contribution is 9.10. The second-order valence-corrected chi connectivity index (χ2v) is 7.92. The zero-order valence-corrected chi connectivity index (χ0v) is 19.8. The number of nitro groups is 1. The second kappa shape index (κ2) is 11.4. The Balaban J connectivity index is 1.72. The molecule has 1 N–H and O–H groups in total. The van der Waals surface area contributed by atoms with Gasteiger partial charge in [-0.2, -0.15) is 5.10 Å². The number of nitrogens with zero attached hydrogens (tertiary/aromatic N) is 2. The van der Waals surface area contributed by atoms with E-state index in [1.807, 2.05) is 6.92 Å². The van der Waals surface area contributed by atoms with Gasteiger partial charge in [0.1, 0.15) is 6.61 Å². The summed E-state index contributed by atoms with van der Waals surface area (Å²) in [4.78, 5) is 22.6. The minimum absolute atomic E-state index is 0.0141. The van der Waals surface area contributed by atoms with E-state index < -0.39 is 10.8 Å². The van der Waals surface area contributed by atoms with Gasteiger partial charge in [0.15, 0.2) is 11.5 Å². The fraction of sp³-hybridized carbons (Fsp3) is 0.130. The molecule has 0 atom stereocenters. The standard InChI is InChI=1S/C23H19BrClN3O5/c1-2-32-21-12-16(13-26-27-23(29)18-5-3-4-6-20(18)25)11-19(24)22(21)33-14-15-7-9-17(10-8-15)28(30)31/h3-13H,2,14H2,1H3,(H,27,29)/b26-13-. The van der Waals surface area contributed by atoms with Gasteiger partial charge in [-0.25, -0.2) is 5.43 Å². The summed E-state index contributed by atoms with van der Waals surface area (Å²) in [5.41, 5.74) is 4.21. The molecule has 0 spiro atoms. The van der Waals surface area contributed by atoms with Crippen LogP contribution in [0.5, 0.6) is 11.5 Å². The minimum atomic E-state index is -0.453. The van der Waals surface area contributed by atoms with Crippen molar-refractivity contribution in [3.8, 4) is 11.5 Å². The summed E-state index contributed by atoms with van der Waals surface area (Å²) in [5, 5.41) is 15.1. The van der Waals surface area contributed by atoms with Crippen LogP contribution < -0.4 is 14.9 Å².